The van der Waals surface area contributed by atoms with E-state index in [1.54, 1.807) is 7.11 Å². The summed E-state index contributed by atoms with van der Waals surface area (Å²) in [4.78, 5) is 17.1. The second kappa shape index (κ2) is 6.93. The van der Waals surface area contributed by atoms with E-state index in [9.17, 15) is 4.79 Å². The van der Waals surface area contributed by atoms with Crippen molar-refractivity contribution in [1.29, 1.82) is 0 Å². The molecule has 20 heavy (non-hydrogen) atoms. The molecule has 1 atom stereocenters. The van der Waals surface area contributed by atoms with E-state index in [0.29, 0.717) is 13.0 Å². The molecule has 108 valence electrons. The number of hydrogen-bond donors (Lipinski definition) is 1. The molecule has 1 aliphatic heterocycles. The first-order valence-electron chi connectivity index (χ1n) is 6.89. The number of ether oxygens (including phenoxy) is 1. The van der Waals surface area contributed by atoms with E-state index in [2.05, 4.69) is 17.4 Å². The first kappa shape index (κ1) is 14.4. The Morgan fingerprint density at radius 3 is 3.15 bits per heavy atom. The molecule has 0 bridgehead atoms. The molecule has 0 spiro atoms. The van der Waals surface area contributed by atoms with Crippen molar-refractivity contribution in [3.8, 4) is 5.75 Å². The molecule has 2 rings (SSSR count). The van der Waals surface area contributed by atoms with Crippen LogP contribution in [-0.4, -0.2) is 31.4 Å². The predicted molar refractivity (Wildman–Crippen MR) is 76.9 cm³/mol. The zero-order valence-corrected chi connectivity index (χ0v) is 11.9. The van der Waals surface area contributed by atoms with Crippen LogP contribution in [-0.2, 0) is 9.63 Å². The zero-order chi connectivity index (χ0) is 14.4. The average molecular weight is 276 g/mol. The van der Waals surface area contributed by atoms with E-state index >= 15 is 0 Å². The number of hydrogen-bond acceptors (Lipinski definition) is 4. The molecule has 0 saturated carbocycles. The molecule has 1 unspecified atom stereocenters. The Hall–Kier alpha value is -2.04. The van der Waals surface area contributed by atoms with E-state index in [1.807, 2.05) is 24.3 Å². The van der Waals surface area contributed by atoms with Crippen molar-refractivity contribution in [2.45, 2.75) is 32.3 Å². The molecule has 1 heterocycles. The molecule has 5 nitrogen and oxygen atoms in total. The van der Waals surface area contributed by atoms with Crippen molar-refractivity contribution in [2.75, 3.05) is 13.7 Å². The van der Waals surface area contributed by atoms with Crippen molar-refractivity contribution < 1.29 is 14.4 Å². The summed E-state index contributed by atoms with van der Waals surface area (Å²) in [6.45, 7) is 2.77. The van der Waals surface area contributed by atoms with Gasteiger partial charge in [-0.3, -0.25) is 4.79 Å². The number of rotatable bonds is 6. The largest absolute Gasteiger partial charge is 0.497 e. The first-order chi connectivity index (χ1) is 9.74. The van der Waals surface area contributed by atoms with Crippen LogP contribution in [0.25, 0.3) is 0 Å². The molecule has 0 radical (unpaired) electrons. The van der Waals surface area contributed by atoms with Gasteiger partial charge in [0.05, 0.1) is 12.8 Å². The van der Waals surface area contributed by atoms with Crippen LogP contribution in [0.3, 0.4) is 0 Å². The van der Waals surface area contributed by atoms with Crippen molar-refractivity contribution in [1.82, 2.24) is 5.32 Å². The van der Waals surface area contributed by atoms with Crippen LogP contribution < -0.4 is 10.1 Å². The van der Waals surface area contributed by atoms with Gasteiger partial charge >= 0.3 is 0 Å². The third-order valence-corrected chi connectivity index (χ3v) is 3.19. The Morgan fingerprint density at radius 2 is 2.40 bits per heavy atom. The minimum atomic E-state index is -0.520. The van der Waals surface area contributed by atoms with Gasteiger partial charge in [-0.2, -0.15) is 0 Å². The summed E-state index contributed by atoms with van der Waals surface area (Å²) in [6, 6.07) is 7.59. The Bertz CT molecular complexity index is 500. The highest BCUT2D eigenvalue weighted by Crippen LogP contribution is 2.20. The van der Waals surface area contributed by atoms with Gasteiger partial charge in [0.2, 0.25) is 6.10 Å². The van der Waals surface area contributed by atoms with Crippen molar-refractivity contribution in [2.24, 2.45) is 5.16 Å². The van der Waals surface area contributed by atoms with Crippen LogP contribution in [0.2, 0.25) is 0 Å². The summed E-state index contributed by atoms with van der Waals surface area (Å²) in [6.07, 6.45) is 2.00. The summed E-state index contributed by atoms with van der Waals surface area (Å²) in [5, 5.41) is 6.87. The van der Waals surface area contributed by atoms with E-state index in [4.69, 9.17) is 9.57 Å². The molecule has 1 amide bonds. The Kier molecular flexibility index (Phi) is 4.98. The van der Waals surface area contributed by atoms with E-state index in [1.165, 1.54) is 0 Å². The molecule has 0 aromatic heterocycles. The lowest BCUT2D eigenvalue weighted by atomic mass is 10.0. The molecule has 0 fully saturated rings. The summed E-state index contributed by atoms with van der Waals surface area (Å²) >= 11 is 0. The van der Waals surface area contributed by atoms with Gasteiger partial charge < -0.3 is 14.9 Å². The molecule has 1 aliphatic rings. The Labute approximate surface area is 118 Å². The fraction of sp³-hybridized carbons (Fsp3) is 0.467. The van der Waals surface area contributed by atoms with Gasteiger partial charge in [0, 0.05) is 18.5 Å². The number of unbranched alkanes of at least 4 members (excludes halogenated alkanes) is 1. The fourth-order valence-electron chi connectivity index (χ4n) is 1.99. The maximum absolute atomic E-state index is 11.9. The second-order valence-corrected chi connectivity index (χ2v) is 4.71. The number of carbonyl (C=O) groups is 1. The number of methoxy groups -OCH3 is 1. The SMILES string of the molecule is CCCCNC(=O)C1CC(c2cccc(OC)c2)=NO1. The number of amides is 1. The van der Waals surface area contributed by atoms with Gasteiger partial charge in [0.25, 0.3) is 5.91 Å². The smallest absolute Gasteiger partial charge is 0.264 e. The Morgan fingerprint density at radius 1 is 1.55 bits per heavy atom. The summed E-state index contributed by atoms with van der Waals surface area (Å²) < 4.78 is 5.18. The van der Waals surface area contributed by atoms with Crippen LogP contribution >= 0.6 is 0 Å². The number of oxime groups is 1. The summed E-state index contributed by atoms with van der Waals surface area (Å²) in [5.41, 5.74) is 1.70. The number of carbonyl (C=O) groups excluding carboxylic acids is 1. The number of benzene rings is 1. The summed E-state index contributed by atoms with van der Waals surface area (Å²) in [5.74, 6) is 0.668. The van der Waals surface area contributed by atoms with Gasteiger partial charge in [0.15, 0.2) is 0 Å². The van der Waals surface area contributed by atoms with Gasteiger partial charge in [0.1, 0.15) is 5.75 Å². The minimum Gasteiger partial charge on any atom is -0.497 e. The second-order valence-electron chi connectivity index (χ2n) is 4.71. The van der Waals surface area contributed by atoms with Crippen LogP contribution in [0, 0.1) is 0 Å². The van der Waals surface area contributed by atoms with Gasteiger partial charge in [-0.1, -0.05) is 30.6 Å². The fourth-order valence-corrected chi connectivity index (χ4v) is 1.99. The van der Waals surface area contributed by atoms with Crippen molar-refractivity contribution in [3.63, 3.8) is 0 Å². The molecular formula is C15H20N2O3. The van der Waals surface area contributed by atoms with Crippen molar-refractivity contribution in [3.05, 3.63) is 29.8 Å². The molecule has 1 aromatic carbocycles. The molecular weight excluding hydrogens is 256 g/mol. The maximum atomic E-state index is 11.9. The lowest BCUT2D eigenvalue weighted by molar-refractivity contribution is -0.131. The highest BCUT2D eigenvalue weighted by atomic mass is 16.6. The topological polar surface area (TPSA) is 59.9 Å². The van der Waals surface area contributed by atoms with E-state index in [-0.39, 0.29) is 5.91 Å². The van der Waals surface area contributed by atoms with Crippen molar-refractivity contribution >= 4 is 11.6 Å². The van der Waals surface area contributed by atoms with Crippen LogP contribution in [0.1, 0.15) is 31.7 Å². The van der Waals surface area contributed by atoms with E-state index < -0.39 is 6.10 Å². The van der Waals surface area contributed by atoms with Crippen LogP contribution in [0.15, 0.2) is 29.4 Å². The molecule has 5 heteroatoms. The highest BCUT2D eigenvalue weighted by molar-refractivity contribution is 6.04. The predicted octanol–water partition coefficient (Wildman–Crippen LogP) is 2.10. The third-order valence-electron chi connectivity index (χ3n) is 3.19. The average Bonchev–Trinajstić information content (AvgIpc) is 2.97. The van der Waals surface area contributed by atoms with Crippen LogP contribution in [0.4, 0.5) is 0 Å². The minimum absolute atomic E-state index is 0.0971. The Balaban J connectivity index is 1.92. The van der Waals surface area contributed by atoms with Gasteiger partial charge in [-0.15, -0.1) is 0 Å². The number of nitrogens with one attached hydrogen (secondary N) is 1. The van der Waals surface area contributed by atoms with E-state index in [0.717, 1.165) is 29.9 Å². The van der Waals surface area contributed by atoms with Gasteiger partial charge in [-0.05, 0) is 18.6 Å². The normalized spacial score (nSPS) is 17.3. The quantitative estimate of drug-likeness (QED) is 0.809. The monoisotopic (exact) mass is 276 g/mol. The zero-order valence-electron chi connectivity index (χ0n) is 11.9. The standard InChI is InChI=1S/C15H20N2O3/c1-3-4-8-16-15(18)14-10-13(17-20-14)11-6-5-7-12(9-11)19-2/h5-7,9,14H,3-4,8,10H2,1-2H3,(H,16,18). The summed E-state index contributed by atoms with van der Waals surface area (Å²) in [7, 11) is 1.62. The lowest BCUT2D eigenvalue weighted by Crippen LogP contribution is -2.35. The van der Waals surface area contributed by atoms with Gasteiger partial charge in [-0.25, -0.2) is 0 Å². The third kappa shape index (κ3) is 3.50. The molecule has 1 aromatic rings. The maximum Gasteiger partial charge on any atom is 0.264 e. The molecule has 0 saturated heterocycles. The first-order valence-corrected chi connectivity index (χ1v) is 6.89. The van der Waals surface area contributed by atoms with Crippen LogP contribution in [0.5, 0.6) is 5.75 Å². The lowest BCUT2D eigenvalue weighted by Gasteiger charge is -2.08. The molecule has 0 aliphatic carbocycles. The highest BCUT2D eigenvalue weighted by Gasteiger charge is 2.28. The number of nitrogens with zero attached hydrogens (tertiary/aromatic N) is 1. The molecule has 1 N–H and O–H groups in total.